The fourth-order valence-corrected chi connectivity index (χ4v) is 1.65. The Labute approximate surface area is 120 Å². The average molecular weight is 286 g/mol. The quantitative estimate of drug-likeness (QED) is 0.794. The molecule has 0 radical (unpaired) electrons. The minimum absolute atomic E-state index is 0.139. The van der Waals surface area contributed by atoms with E-state index in [0.29, 0.717) is 5.69 Å². The van der Waals surface area contributed by atoms with Crippen LogP contribution in [0.25, 0.3) is 6.08 Å². The lowest BCUT2D eigenvalue weighted by molar-refractivity contribution is -0.116. The summed E-state index contributed by atoms with van der Waals surface area (Å²) in [5.74, 6) is -1.32. The third kappa shape index (κ3) is 4.00. The van der Waals surface area contributed by atoms with Gasteiger partial charge in [0, 0.05) is 25.5 Å². The Balaban J connectivity index is 1.92. The number of aryl methyl sites for hydroxylation is 1. The van der Waals surface area contributed by atoms with E-state index in [1.165, 1.54) is 24.4 Å². The molecule has 21 heavy (non-hydrogen) atoms. The smallest absolute Gasteiger partial charge is 0.335 e. The van der Waals surface area contributed by atoms with E-state index in [0.717, 1.165) is 5.69 Å². The summed E-state index contributed by atoms with van der Waals surface area (Å²) in [7, 11) is 1.78. The van der Waals surface area contributed by atoms with E-state index < -0.39 is 5.97 Å². The predicted octanol–water partition coefficient (Wildman–Crippen LogP) is 0.843. The summed E-state index contributed by atoms with van der Waals surface area (Å²) in [6.07, 6.45) is 6.07. The number of hydrogen-bond donors (Lipinski definition) is 2. The topological polar surface area (TPSA) is 97.1 Å². The standard InChI is InChI=1S/C14H14N4O3/c1-18-12(5-7-17-18)2-3-13(19)16-9-11-8-10(14(20)21)4-6-15-11/h2-8H,9H2,1H3,(H,16,19)(H,20,21)/b3-2+. The second kappa shape index (κ2) is 6.47. The van der Waals surface area contributed by atoms with Gasteiger partial charge in [0.05, 0.1) is 23.5 Å². The van der Waals surface area contributed by atoms with Crippen LogP contribution in [0.15, 0.2) is 36.7 Å². The summed E-state index contributed by atoms with van der Waals surface area (Å²) in [6, 6.07) is 4.60. The molecule has 2 aromatic heterocycles. The van der Waals surface area contributed by atoms with Crippen LogP contribution < -0.4 is 5.32 Å². The van der Waals surface area contributed by atoms with E-state index in [4.69, 9.17) is 5.11 Å². The molecule has 0 bridgehead atoms. The van der Waals surface area contributed by atoms with E-state index in [2.05, 4.69) is 15.4 Å². The minimum Gasteiger partial charge on any atom is -0.478 e. The van der Waals surface area contributed by atoms with Gasteiger partial charge in [-0.1, -0.05) is 0 Å². The van der Waals surface area contributed by atoms with Crippen LogP contribution in [0.3, 0.4) is 0 Å². The Hall–Kier alpha value is -2.96. The van der Waals surface area contributed by atoms with Crippen LogP contribution in [0.5, 0.6) is 0 Å². The third-order valence-electron chi connectivity index (χ3n) is 2.77. The SMILES string of the molecule is Cn1nccc1/C=C/C(=O)NCc1cc(C(=O)O)ccn1. The van der Waals surface area contributed by atoms with E-state index >= 15 is 0 Å². The number of pyridine rings is 1. The summed E-state index contributed by atoms with van der Waals surface area (Å²) >= 11 is 0. The van der Waals surface area contributed by atoms with Gasteiger partial charge in [-0.3, -0.25) is 14.5 Å². The molecule has 7 nitrogen and oxygen atoms in total. The highest BCUT2D eigenvalue weighted by Crippen LogP contribution is 2.02. The average Bonchev–Trinajstić information content (AvgIpc) is 2.88. The second-order valence-corrected chi connectivity index (χ2v) is 4.27. The van der Waals surface area contributed by atoms with Crippen molar-refractivity contribution in [3.05, 3.63) is 53.6 Å². The maximum Gasteiger partial charge on any atom is 0.335 e. The van der Waals surface area contributed by atoms with Crippen LogP contribution in [-0.2, 0) is 18.4 Å². The van der Waals surface area contributed by atoms with Crippen molar-refractivity contribution in [3.63, 3.8) is 0 Å². The molecular formula is C14H14N4O3. The van der Waals surface area contributed by atoms with Crippen molar-refractivity contribution in [3.8, 4) is 0 Å². The fourth-order valence-electron chi connectivity index (χ4n) is 1.65. The Bertz CT molecular complexity index is 691. The van der Waals surface area contributed by atoms with Gasteiger partial charge in [0.2, 0.25) is 5.91 Å². The first kappa shape index (κ1) is 14.4. The van der Waals surface area contributed by atoms with Crippen molar-refractivity contribution in [1.29, 1.82) is 0 Å². The monoisotopic (exact) mass is 286 g/mol. The van der Waals surface area contributed by atoms with Crippen LogP contribution >= 0.6 is 0 Å². The lowest BCUT2D eigenvalue weighted by Gasteiger charge is -2.03. The first-order valence-corrected chi connectivity index (χ1v) is 6.18. The Kier molecular flexibility index (Phi) is 4.45. The highest BCUT2D eigenvalue weighted by atomic mass is 16.4. The Morgan fingerprint density at radius 3 is 2.86 bits per heavy atom. The third-order valence-corrected chi connectivity index (χ3v) is 2.77. The van der Waals surface area contributed by atoms with Gasteiger partial charge in [-0.05, 0) is 24.3 Å². The Morgan fingerprint density at radius 1 is 1.38 bits per heavy atom. The zero-order valence-corrected chi connectivity index (χ0v) is 11.4. The molecule has 2 heterocycles. The van der Waals surface area contributed by atoms with E-state index in [1.54, 1.807) is 30.1 Å². The van der Waals surface area contributed by atoms with E-state index in [9.17, 15) is 9.59 Å². The molecular weight excluding hydrogens is 272 g/mol. The summed E-state index contributed by atoms with van der Waals surface area (Å²) in [6.45, 7) is 0.162. The molecule has 1 amide bonds. The number of carboxylic acid groups (broad SMARTS) is 1. The van der Waals surface area contributed by atoms with Gasteiger partial charge in [0.1, 0.15) is 0 Å². The number of carboxylic acids is 1. The molecule has 0 unspecified atom stereocenters. The molecule has 2 rings (SSSR count). The van der Waals surface area contributed by atoms with Gasteiger partial charge in [0.15, 0.2) is 0 Å². The number of aromatic nitrogens is 3. The normalized spacial score (nSPS) is 10.7. The molecule has 0 atom stereocenters. The summed E-state index contributed by atoms with van der Waals surface area (Å²) < 4.78 is 1.64. The van der Waals surface area contributed by atoms with Gasteiger partial charge in [-0.25, -0.2) is 4.79 Å². The van der Waals surface area contributed by atoms with E-state index in [-0.39, 0.29) is 18.0 Å². The fraction of sp³-hybridized carbons (Fsp3) is 0.143. The molecule has 0 spiro atoms. The molecule has 108 valence electrons. The van der Waals surface area contributed by atoms with Crippen molar-refractivity contribution in [2.75, 3.05) is 0 Å². The number of aromatic carboxylic acids is 1. The number of nitrogens with zero attached hydrogens (tertiary/aromatic N) is 3. The largest absolute Gasteiger partial charge is 0.478 e. The van der Waals surface area contributed by atoms with Crippen LogP contribution in [-0.4, -0.2) is 31.7 Å². The molecule has 0 fully saturated rings. The molecule has 0 aliphatic carbocycles. The molecule has 2 aromatic rings. The van der Waals surface area contributed by atoms with Crippen molar-refractivity contribution in [2.24, 2.45) is 7.05 Å². The van der Waals surface area contributed by atoms with Crippen molar-refractivity contribution in [1.82, 2.24) is 20.1 Å². The molecule has 0 aliphatic heterocycles. The summed E-state index contributed by atoms with van der Waals surface area (Å²) in [4.78, 5) is 26.5. The van der Waals surface area contributed by atoms with Gasteiger partial charge >= 0.3 is 5.97 Å². The maximum atomic E-state index is 11.7. The first-order chi connectivity index (χ1) is 10.1. The van der Waals surface area contributed by atoms with Crippen molar-refractivity contribution in [2.45, 2.75) is 6.54 Å². The van der Waals surface area contributed by atoms with Gasteiger partial charge in [-0.2, -0.15) is 5.10 Å². The summed E-state index contributed by atoms with van der Waals surface area (Å²) in [5.41, 5.74) is 1.42. The summed E-state index contributed by atoms with van der Waals surface area (Å²) in [5, 5.41) is 15.5. The molecule has 0 aliphatic rings. The van der Waals surface area contributed by atoms with Crippen molar-refractivity contribution >= 4 is 18.0 Å². The molecule has 0 saturated heterocycles. The van der Waals surface area contributed by atoms with Crippen LogP contribution in [0.1, 0.15) is 21.7 Å². The lowest BCUT2D eigenvalue weighted by Crippen LogP contribution is -2.21. The number of hydrogen-bond acceptors (Lipinski definition) is 4. The number of rotatable bonds is 5. The van der Waals surface area contributed by atoms with Gasteiger partial charge in [-0.15, -0.1) is 0 Å². The second-order valence-electron chi connectivity index (χ2n) is 4.27. The first-order valence-electron chi connectivity index (χ1n) is 6.18. The zero-order chi connectivity index (χ0) is 15.2. The van der Waals surface area contributed by atoms with Crippen LogP contribution in [0.4, 0.5) is 0 Å². The Morgan fingerprint density at radius 2 is 2.19 bits per heavy atom. The number of carbonyl (C=O) groups is 2. The molecule has 2 N–H and O–H groups in total. The highest BCUT2D eigenvalue weighted by Gasteiger charge is 2.05. The van der Waals surface area contributed by atoms with Crippen LogP contribution in [0.2, 0.25) is 0 Å². The lowest BCUT2D eigenvalue weighted by atomic mass is 10.2. The highest BCUT2D eigenvalue weighted by molar-refractivity contribution is 5.91. The maximum absolute atomic E-state index is 11.7. The van der Waals surface area contributed by atoms with Crippen molar-refractivity contribution < 1.29 is 14.7 Å². The zero-order valence-electron chi connectivity index (χ0n) is 11.4. The molecule has 0 aromatic carbocycles. The minimum atomic E-state index is -1.03. The van der Waals surface area contributed by atoms with Gasteiger partial charge in [0.25, 0.3) is 0 Å². The molecule has 0 saturated carbocycles. The van der Waals surface area contributed by atoms with Gasteiger partial charge < -0.3 is 10.4 Å². The number of carbonyl (C=O) groups excluding carboxylic acids is 1. The number of nitrogens with one attached hydrogen (secondary N) is 1. The number of amides is 1. The van der Waals surface area contributed by atoms with Crippen LogP contribution in [0, 0.1) is 0 Å². The predicted molar refractivity (Wildman–Crippen MR) is 75.3 cm³/mol. The molecule has 7 heteroatoms. The van der Waals surface area contributed by atoms with E-state index in [1.807, 2.05) is 0 Å².